The van der Waals surface area contributed by atoms with Gasteiger partial charge in [0.2, 0.25) is 0 Å². The smallest absolute Gasteiger partial charge is 0.329 e. The number of hydrogen-bond acceptors (Lipinski definition) is 4. The molecule has 0 bridgehead atoms. The number of aliphatic carboxylic acids is 1. The van der Waals surface area contributed by atoms with Crippen molar-refractivity contribution in [3.8, 4) is 11.5 Å². The van der Waals surface area contributed by atoms with Crippen molar-refractivity contribution >= 4 is 11.9 Å². The highest BCUT2D eigenvalue weighted by Crippen LogP contribution is 2.25. The second kappa shape index (κ2) is 5.81. The van der Waals surface area contributed by atoms with Crippen LogP contribution in [-0.2, 0) is 4.79 Å². The van der Waals surface area contributed by atoms with Crippen molar-refractivity contribution in [3.63, 3.8) is 0 Å². The third-order valence-corrected chi connectivity index (χ3v) is 3.26. The molecule has 0 aliphatic carbocycles. The molecule has 0 radical (unpaired) electrons. The van der Waals surface area contributed by atoms with Gasteiger partial charge in [0.05, 0.1) is 14.2 Å². The van der Waals surface area contributed by atoms with E-state index in [0.717, 1.165) is 0 Å². The van der Waals surface area contributed by atoms with Crippen LogP contribution in [0.25, 0.3) is 0 Å². The van der Waals surface area contributed by atoms with Gasteiger partial charge in [0.15, 0.2) is 0 Å². The van der Waals surface area contributed by atoms with Gasteiger partial charge in [-0.1, -0.05) is 0 Å². The lowest BCUT2D eigenvalue weighted by molar-refractivity contribution is -0.147. The molecule has 0 heterocycles. The lowest BCUT2D eigenvalue weighted by Crippen LogP contribution is -2.50. The zero-order valence-corrected chi connectivity index (χ0v) is 12.3. The number of hydrogen-bond donors (Lipinski definition) is 1. The van der Waals surface area contributed by atoms with Gasteiger partial charge in [0.25, 0.3) is 5.91 Å². The van der Waals surface area contributed by atoms with Gasteiger partial charge in [0, 0.05) is 18.7 Å². The maximum atomic E-state index is 12.4. The Morgan fingerprint density at radius 3 is 1.90 bits per heavy atom. The number of carboxylic acids is 1. The van der Waals surface area contributed by atoms with E-state index in [9.17, 15) is 9.59 Å². The fourth-order valence-corrected chi connectivity index (χ4v) is 1.52. The van der Waals surface area contributed by atoms with E-state index in [1.165, 1.54) is 40.0 Å². The predicted molar refractivity (Wildman–Crippen MR) is 73.4 cm³/mol. The number of rotatable bonds is 5. The number of carbonyl (C=O) groups is 2. The lowest BCUT2D eigenvalue weighted by atomic mass is 10.0. The van der Waals surface area contributed by atoms with E-state index in [-0.39, 0.29) is 0 Å². The highest BCUT2D eigenvalue weighted by atomic mass is 16.5. The van der Waals surface area contributed by atoms with Crippen LogP contribution in [0.4, 0.5) is 0 Å². The van der Waals surface area contributed by atoms with Crippen molar-refractivity contribution < 1.29 is 24.2 Å². The van der Waals surface area contributed by atoms with E-state index in [1.807, 2.05) is 0 Å². The Morgan fingerprint density at radius 1 is 1.10 bits per heavy atom. The monoisotopic (exact) mass is 281 g/mol. The Kier molecular flexibility index (Phi) is 4.60. The van der Waals surface area contributed by atoms with Gasteiger partial charge in [-0.05, 0) is 26.0 Å². The fourth-order valence-electron chi connectivity index (χ4n) is 1.52. The maximum absolute atomic E-state index is 12.4. The molecule has 6 nitrogen and oxygen atoms in total. The molecule has 20 heavy (non-hydrogen) atoms. The third-order valence-electron chi connectivity index (χ3n) is 3.26. The highest BCUT2D eigenvalue weighted by molar-refractivity contribution is 5.98. The summed E-state index contributed by atoms with van der Waals surface area (Å²) in [7, 11) is 4.41. The lowest BCUT2D eigenvalue weighted by Gasteiger charge is -2.31. The molecule has 0 saturated carbocycles. The van der Waals surface area contributed by atoms with Crippen LogP contribution in [0.1, 0.15) is 24.2 Å². The number of benzene rings is 1. The molecule has 0 spiro atoms. The zero-order chi connectivity index (χ0) is 15.5. The van der Waals surface area contributed by atoms with Gasteiger partial charge in [-0.15, -0.1) is 0 Å². The van der Waals surface area contributed by atoms with Gasteiger partial charge in [0.1, 0.15) is 17.0 Å². The van der Waals surface area contributed by atoms with Crippen molar-refractivity contribution in [2.45, 2.75) is 19.4 Å². The molecule has 0 saturated heterocycles. The summed E-state index contributed by atoms with van der Waals surface area (Å²) in [6.07, 6.45) is 0. The van der Waals surface area contributed by atoms with Crippen molar-refractivity contribution in [2.24, 2.45) is 0 Å². The molecule has 1 N–H and O–H groups in total. The molecular weight excluding hydrogens is 262 g/mol. The van der Waals surface area contributed by atoms with E-state index in [4.69, 9.17) is 14.6 Å². The van der Waals surface area contributed by atoms with Crippen LogP contribution in [0.15, 0.2) is 18.2 Å². The molecule has 0 fully saturated rings. The van der Waals surface area contributed by atoms with E-state index in [1.54, 1.807) is 18.2 Å². The molecule has 6 heteroatoms. The topological polar surface area (TPSA) is 76.1 Å². The summed E-state index contributed by atoms with van der Waals surface area (Å²) >= 11 is 0. The molecule has 0 aromatic heterocycles. The van der Waals surface area contributed by atoms with Crippen molar-refractivity contribution in [1.82, 2.24) is 4.90 Å². The zero-order valence-electron chi connectivity index (χ0n) is 12.3. The van der Waals surface area contributed by atoms with Crippen LogP contribution in [0.5, 0.6) is 11.5 Å². The van der Waals surface area contributed by atoms with Crippen LogP contribution in [0.2, 0.25) is 0 Å². The standard InChI is InChI=1S/C14H19NO5/c1-14(2,13(17)18)15(3)12(16)9-6-10(19-4)8-11(7-9)20-5/h6-8H,1-5H3,(H,17,18). The minimum absolute atomic E-state index is 0.304. The van der Waals surface area contributed by atoms with Crippen LogP contribution in [-0.4, -0.2) is 48.7 Å². The van der Waals surface area contributed by atoms with Gasteiger partial charge < -0.3 is 19.5 Å². The average molecular weight is 281 g/mol. The Labute approximate surface area is 117 Å². The minimum Gasteiger partial charge on any atom is -0.497 e. The van der Waals surface area contributed by atoms with Crippen LogP contribution >= 0.6 is 0 Å². The number of carbonyl (C=O) groups excluding carboxylic acids is 1. The summed E-state index contributed by atoms with van der Waals surface area (Å²) in [4.78, 5) is 24.8. The molecule has 110 valence electrons. The quantitative estimate of drug-likeness (QED) is 0.888. The van der Waals surface area contributed by atoms with Gasteiger partial charge >= 0.3 is 5.97 Å². The number of nitrogens with zero attached hydrogens (tertiary/aromatic N) is 1. The van der Waals surface area contributed by atoms with Crippen molar-refractivity contribution in [3.05, 3.63) is 23.8 Å². The normalized spacial score (nSPS) is 10.8. The first-order chi connectivity index (χ1) is 9.23. The van der Waals surface area contributed by atoms with E-state index >= 15 is 0 Å². The van der Waals surface area contributed by atoms with Crippen molar-refractivity contribution in [1.29, 1.82) is 0 Å². The third kappa shape index (κ3) is 3.01. The summed E-state index contributed by atoms with van der Waals surface area (Å²) in [6, 6.07) is 4.72. The molecule has 0 atom stereocenters. The second-order valence-corrected chi connectivity index (χ2v) is 4.83. The first-order valence-electron chi connectivity index (χ1n) is 5.98. The first kappa shape index (κ1) is 15.8. The molecule has 0 unspecified atom stereocenters. The van der Waals surface area contributed by atoms with Crippen LogP contribution < -0.4 is 9.47 Å². The van der Waals surface area contributed by atoms with E-state index < -0.39 is 17.4 Å². The Morgan fingerprint density at radius 2 is 1.55 bits per heavy atom. The van der Waals surface area contributed by atoms with Crippen LogP contribution in [0, 0.1) is 0 Å². The van der Waals surface area contributed by atoms with E-state index in [2.05, 4.69) is 0 Å². The summed E-state index contributed by atoms with van der Waals surface area (Å²) < 4.78 is 10.2. The van der Waals surface area contributed by atoms with E-state index in [0.29, 0.717) is 17.1 Å². The summed E-state index contributed by atoms with van der Waals surface area (Å²) in [5.41, 5.74) is -1.01. The first-order valence-corrected chi connectivity index (χ1v) is 5.98. The average Bonchev–Trinajstić information content (AvgIpc) is 2.44. The summed E-state index contributed by atoms with van der Waals surface area (Å²) in [6.45, 7) is 2.93. The Hall–Kier alpha value is -2.24. The molecule has 0 aliphatic rings. The highest BCUT2D eigenvalue weighted by Gasteiger charge is 2.35. The van der Waals surface area contributed by atoms with Crippen LogP contribution in [0.3, 0.4) is 0 Å². The molecule has 0 aliphatic heterocycles. The molecule has 1 amide bonds. The Balaban J connectivity index is 3.17. The predicted octanol–water partition coefficient (Wildman–Crippen LogP) is 1.64. The largest absolute Gasteiger partial charge is 0.497 e. The maximum Gasteiger partial charge on any atom is 0.329 e. The van der Waals surface area contributed by atoms with Crippen molar-refractivity contribution in [2.75, 3.05) is 21.3 Å². The minimum atomic E-state index is -1.31. The number of amides is 1. The molecule has 1 rings (SSSR count). The fraction of sp³-hybridized carbons (Fsp3) is 0.429. The molecule has 1 aromatic carbocycles. The number of ether oxygens (including phenoxy) is 2. The van der Waals surface area contributed by atoms with Gasteiger partial charge in [-0.2, -0.15) is 0 Å². The second-order valence-electron chi connectivity index (χ2n) is 4.83. The number of methoxy groups -OCH3 is 2. The number of carboxylic acid groups (broad SMARTS) is 1. The van der Waals surface area contributed by atoms with Gasteiger partial charge in [-0.3, -0.25) is 4.79 Å². The SMILES string of the molecule is COc1cc(OC)cc(C(=O)N(C)C(C)(C)C(=O)O)c1. The summed E-state index contributed by atoms with van der Waals surface area (Å²) in [5.74, 6) is -0.568. The number of likely N-dealkylation sites (N-methyl/N-ethyl adjacent to an activating group) is 1. The summed E-state index contributed by atoms with van der Waals surface area (Å²) in [5, 5.41) is 9.17. The Bertz CT molecular complexity index is 502. The molecular formula is C14H19NO5. The van der Waals surface area contributed by atoms with Gasteiger partial charge in [-0.25, -0.2) is 4.79 Å². The molecule has 1 aromatic rings.